The summed E-state index contributed by atoms with van der Waals surface area (Å²) in [4.78, 5) is 25.2. The monoisotopic (exact) mass is 290 g/mol. The minimum absolute atomic E-state index is 0.0864. The lowest BCUT2D eigenvalue weighted by molar-refractivity contribution is -0.124. The Morgan fingerprint density at radius 3 is 2.81 bits per heavy atom. The van der Waals surface area contributed by atoms with Gasteiger partial charge in [-0.05, 0) is 37.5 Å². The highest BCUT2D eigenvalue weighted by Crippen LogP contribution is 2.23. The Hall–Kier alpha value is -1.92. The molecule has 1 saturated heterocycles. The fourth-order valence-corrected chi connectivity index (χ4v) is 2.76. The number of piperidine rings is 1. The van der Waals surface area contributed by atoms with Crippen molar-refractivity contribution < 1.29 is 9.59 Å². The molecule has 1 aromatic carbocycles. The third kappa shape index (κ3) is 3.80. The summed E-state index contributed by atoms with van der Waals surface area (Å²) in [5.74, 6) is 4.52. The molecule has 0 radical (unpaired) electrons. The highest BCUT2D eigenvalue weighted by Gasteiger charge is 2.28. The molecule has 0 aliphatic carbocycles. The van der Waals surface area contributed by atoms with Gasteiger partial charge in [-0.2, -0.15) is 0 Å². The van der Waals surface area contributed by atoms with Crippen molar-refractivity contribution in [2.45, 2.75) is 32.4 Å². The van der Waals surface area contributed by atoms with Gasteiger partial charge in [0.1, 0.15) is 0 Å². The zero-order valence-corrected chi connectivity index (χ0v) is 12.2. The van der Waals surface area contributed by atoms with Crippen LogP contribution in [0.15, 0.2) is 24.3 Å². The third-order valence-electron chi connectivity index (χ3n) is 4.12. The Balaban J connectivity index is 2.09. The van der Waals surface area contributed by atoms with E-state index in [1.54, 1.807) is 6.07 Å². The Morgan fingerprint density at radius 1 is 1.38 bits per heavy atom. The first-order chi connectivity index (χ1) is 10.0. The Bertz CT molecular complexity index is 532. The first-order valence-corrected chi connectivity index (χ1v) is 7.14. The van der Waals surface area contributed by atoms with E-state index in [-0.39, 0.29) is 17.7 Å². The fraction of sp³-hybridized carbons (Fsp3) is 0.467. The van der Waals surface area contributed by atoms with Gasteiger partial charge in [0, 0.05) is 24.7 Å². The number of nitrogen functional groups attached to an aromatic ring is 1. The molecule has 0 spiro atoms. The molecule has 1 heterocycles. The average Bonchev–Trinajstić information content (AvgIpc) is 2.48. The molecule has 21 heavy (non-hydrogen) atoms. The molecule has 2 unspecified atom stereocenters. The van der Waals surface area contributed by atoms with Crippen LogP contribution in [0.25, 0.3) is 0 Å². The van der Waals surface area contributed by atoms with Gasteiger partial charge >= 0.3 is 0 Å². The highest BCUT2D eigenvalue weighted by molar-refractivity contribution is 5.93. The highest BCUT2D eigenvalue weighted by atomic mass is 16.2. The summed E-state index contributed by atoms with van der Waals surface area (Å²) in [7, 11) is 0. The first-order valence-electron chi connectivity index (χ1n) is 7.14. The van der Waals surface area contributed by atoms with Crippen molar-refractivity contribution >= 4 is 11.8 Å². The minimum Gasteiger partial charge on any atom is -0.369 e. The number of carbonyl (C=O) groups is 2. The summed E-state index contributed by atoms with van der Waals surface area (Å²) in [5.41, 5.74) is 9.10. The minimum atomic E-state index is -0.307. The molecule has 6 heteroatoms. The van der Waals surface area contributed by atoms with Gasteiger partial charge < -0.3 is 5.73 Å². The van der Waals surface area contributed by atoms with E-state index in [4.69, 9.17) is 11.6 Å². The molecule has 0 bridgehead atoms. The predicted molar refractivity (Wildman–Crippen MR) is 79.9 cm³/mol. The standard InChI is InChI=1S/C15H22N4O2/c1-10-5-6-13(14(16)20)9-19(10)8-11-3-2-4-12(7-11)15(21)18-17/h2-4,7,10,13H,5-6,8-9,17H2,1H3,(H2,16,20)(H,18,21). The molecular weight excluding hydrogens is 268 g/mol. The Kier molecular flexibility index (Phi) is 4.93. The number of nitrogens with zero attached hydrogens (tertiary/aromatic N) is 1. The van der Waals surface area contributed by atoms with Crippen LogP contribution < -0.4 is 17.0 Å². The normalized spacial score (nSPS) is 22.8. The molecule has 1 fully saturated rings. The maximum atomic E-state index is 11.6. The van der Waals surface area contributed by atoms with Gasteiger partial charge in [0.05, 0.1) is 5.92 Å². The molecule has 5 N–H and O–H groups in total. The number of primary amides is 1. The van der Waals surface area contributed by atoms with Gasteiger partial charge in [-0.25, -0.2) is 5.84 Å². The molecule has 1 aromatic rings. The van der Waals surface area contributed by atoms with E-state index >= 15 is 0 Å². The SMILES string of the molecule is CC1CCC(C(N)=O)CN1Cc1cccc(C(=O)NN)c1. The van der Waals surface area contributed by atoms with Gasteiger partial charge in [0.25, 0.3) is 5.91 Å². The number of amides is 2. The number of rotatable bonds is 4. The van der Waals surface area contributed by atoms with Crippen LogP contribution in [0.2, 0.25) is 0 Å². The summed E-state index contributed by atoms with van der Waals surface area (Å²) < 4.78 is 0. The molecule has 1 aliphatic rings. The molecule has 6 nitrogen and oxygen atoms in total. The van der Waals surface area contributed by atoms with E-state index in [9.17, 15) is 9.59 Å². The second-order valence-electron chi connectivity index (χ2n) is 5.63. The molecule has 1 aliphatic heterocycles. The van der Waals surface area contributed by atoms with E-state index in [1.807, 2.05) is 18.2 Å². The topological polar surface area (TPSA) is 101 Å². The van der Waals surface area contributed by atoms with Crippen molar-refractivity contribution in [3.05, 3.63) is 35.4 Å². The lowest BCUT2D eigenvalue weighted by Gasteiger charge is -2.36. The first kappa shape index (κ1) is 15.5. The summed E-state index contributed by atoms with van der Waals surface area (Å²) in [6, 6.07) is 7.74. The van der Waals surface area contributed by atoms with Crippen LogP contribution in [-0.2, 0) is 11.3 Å². The van der Waals surface area contributed by atoms with Crippen LogP contribution in [0.5, 0.6) is 0 Å². The van der Waals surface area contributed by atoms with Crippen molar-refractivity contribution in [1.29, 1.82) is 0 Å². The van der Waals surface area contributed by atoms with Crippen molar-refractivity contribution in [2.75, 3.05) is 6.54 Å². The number of carbonyl (C=O) groups excluding carboxylic acids is 2. The second kappa shape index (κ2) is 6.69. The number of nitrogens with two attached hydrogens (primary N) is 2. The van der Waals surface area contributed by atoms with Gasteiger partial charge in [0.15, 0.2) is 0 Å². The number of hydrazine groups is 1. The molecular formula is C15H22N4O2. The Labute approximate surface area is 124 Å². The van der Waals surface area contributed by atoms with Crippen LogP contribution in [0, 0.1) is 5.92 Å². The largest absolute Gasteiger partial charge is 0.369 e. The van der Waals surface area contributed by atoms with Crippen LogP contribution in [0.4, 0.5) is 0 Å². The van der Waals surface area contributed by atoms with Crippen molar-refractivity contribution in [3.8, 4) is 0 Å². The van der Waals surface area contributed by atoms with E-state index in [2.05, 4.69) is 17.2 Å². The Morgan fingerprint density at radius 2 is 2.14 bits per heavy atom. The maximum Gasteiger partial charge on any atom is 0.265 e. The number of likely N-dealkylation sites (tertiary alicyclic amines) is 1. The summed E-state index contributed by atoms with van der Waals surface area (Å²) >= 11 is 0. The van der Waals surface area contributed by atoms with Crippen LogP contribution >= 0.6 is 0 Å². The predicted octanol–water partition coefficient (Wildman–Crippen LogP) is 0.376. The molecule has 2 atom stereocenters. The number of hydrogen-bond acceptors (Lipinski definition) is 4. The van der Waals surface area contributed by atoms with Crippen LogP contribution in [-0.4, -0.2) is 29.3 Å². The van der Waals surface area contributed by atoms with Crippen molar-refractivity contribution in [1.82, 2.24) is 10.3 Å². The van der Waals surface area contributed by atoms with Gasteiger partial charge in [-0.3, -0.25) is 19.9 Å². The quantitative estimate of drug-likeness (QED) is 0.424. The number of nitrogens with one attached hydrogen (secondary N) is 1. The molecule has 0 saturated carbocycles. The molecule has 0 aromatic heterocycles. The van der Waals surface area contributed by atoms with Crippen molar-refractivity contribution in [2.24, 2.45) is 17.5 Å². The number of benzene rings is 1. The average molecular weight is 290 g/mol. The molecule has 2 amide bonds. The number of hydrogen-bond donors (Lipinski definition) is 3. The zero-order chi connectivity index (χ0) is 15.4. The van der Waals surface area contributed by atoms with E-state index in [1.165, 1.54) is 0 Å². The summed E-state index contributed by atoms with van der Waals surface area (Å²) in [6.07, 6.45) is 1.80. The summed E-state index contributed by atoms with van der Waals surface area (Å²) in [5, 5.41) is 0. The van der Waals surface area contributed by atoms with Crippen LogP contribution in [0.3, 0.4) is 0 Å². The summed E-state index contributed by atoms with van der Waals surface area (Å²) in [6.45, 7) is 3.51. The third-order valence-corrected chi connectivity index (χ3v) is 4.12. The molecule has 2 rings (SSSR count). The van der Waals surface area contributed by atoms with Gasteiger partial charge in [-0.15, -0.1) is 0 Å². The molecule has 114 valence electrons. The zero-order valence-electron chi connectivity index (χ0n) is 12.2. The van der Waals surface area contributed by atoms with Crippen molar-refractivity contribution in [3.63, 3.8) is 0 Å². The lowest BCUT2D eigenvalue weighted by atomic mass is 9.92. The second-order valence-corrected chi connectivity index (χ2v) is 5.63. The maximum absolute atomic E-state index is 11.6. The van der Waals surface area contributed by atoms with Crippen LogP contribution in [0.1, 0.15) is 35.7 Å². The van der Waals surface area contributed by atoms with E-state index < -0.39 is 0 Å². The van der Waals surface area contributed by atoms with E-state index in [0.29, 0.717) is 24.7 Å². The van der Waals surface area contributed by atoms with Gasteiger partial charge in [0.2, 0.25) is 5.91 Å². The fourth-order valence-electron chi connectivity index (χ4n) is 2.76. The smallest absolute Gasteiger partial charge is 0.265 e. The van der Waals surface area contributed by atoms with E-state index in [0.717, 1.165) is 18.4 Å². The lowest BCUT2D eigenvalue weighted by Crippen LogP contribution is -2.45. The van der Waals surface area contributed by atoms with Gasteiger partial charge in [-0.1, -0.05) is 12.1 Å².